The van der Waals surface area contributed by atoms with Gasteiger partial charge in [0.1, 0.15) is 21.1 Å². The van der Waals surface area contributed by atoms with Crippen LogP contribution >= 0.6 is 32.9 Å². The van der Waals surface area contributed by atoms with Crippen LogP contribution in [0, 0.1) is 10.7 Å². The van der Waals surface area contributed by atoms with E-state index in [2.05, 4.69) is 38.7 Å². The number of phenolic OH excluding ortho intramolecular Hbond substituents is 1. The van der Waals surface area contributed by atoms with E-state index in [0.717, 1.165) is 126 Å². The highest BCUT2D eigenvalue weighted by Crippen LogP contribution is 2.40. The van der Waals surface area contributed by atoms with Crippen LogP contribution in [0.2, 0.25) is 0 Å². The van der Waals surface area contributed by atoms with Crippen LogP contribution in [0.3, 0.4) is 0 Å². The number of benzene rings is 3. The van der Waals surface area contributed by atoms with Crippen molar-refractivity contribution in [2.45, 2.75) is 33.1 Å². The van der Waals surface area contributed by atoms with E-state index < -0.39 is 0 Å². The average Bonchev–Trinajstić information content (AvgIpc) is 3.53. The molecule has 2 aliphatic rings. The zero-order chi connectivity index (χ0) is 38.4. The molecule has 0 saturated carbocycles. The lowest BCUT2D eigenvalue weighted by atomic mass is 10.00. The normalized spacial score (nSPS) is 16.0. The fourth-order valence-corrected chi connectivity index (χ4v) is 10.3. The van der Waals surface area contributed by atoms with Gasteiger partial charge in [0.15, 0.2) is 23.0 Å². The van der Waals surface area contributed by atoms with Gasteiger partial charge >= 0.3 is 0 Å². The van der Waals surface area contributed by atoms with Crippen molar-refractivity contribution in [1.29, 1.82) is 0 Å². The second-order valence-corrected chi connectivity index (χ2v) is 16.5. The Morgan fingerprint density at radius 3 is 1.24 bits per heavy atom. The Bertz CT molecular complexity index is 1840. The van der Waals surface area contributed by atoms with Gasteiger partial charge in [-0.15, -0.1) is 0 Å². The van der Waals surface area contributed by atoms with Gasteiger partial charge in [0.25, 0.3) is 0 Å². The van der Waals surface area contributed by atoms with E-state index in [1.165, 1.54) is 4.88 Å². The SMILES string of the molecule is COc1cc(CN2CCN(Cc3cc(-c4ssc(=S)c4C)cc(CN4CCN(Cc5cc(OC)cc(OC)c5OC)CC4)c3O)CC2)c(OC)c(OC)c1. The van der Waals surface area contributed by atoms with Crippen LogP contribution in [0.15, 0.2) is 36.4 Å². The summed E-state index contributed by atoms with van der Waals surface area (Å²) in [6.45, 7) is 12.0. The number of piperazine rings is 2. The molecule has 11 nitrogen and oxygen atoms in total. The van der Waals surface area contributed by atoms with E-state index in [-0.39, 0.29) is 0 Å². The molecule has 6 rings (SSSR count). The van der Waals surface area contributed by atoms with Crippen molar-refractivity contribution in [3.63, 3.8) is 0 Å². The molecule has 2 aliphatic heterocycles. The first kappa shape index (κ1) is 40.0. The zero-order valence-electron chi connectivity index (χ0n) is 32.4. The summed E-state index contributed by atoms with van der Waals surface area (Å²) >= 11 is 5.64. The summed E-state index contributed by atoms with van der Waals surface area (Å²) < 4.78 is 34.6. The summed E-state index contributed by atoms with van der Waals surface area (Å²) in [5.74, 6) is 4.68. The number of aromatic hydroxyl groups is 1. The van der Waals surface area contributed by atoms with Crippen LogP contribution in [0.25, 0.3) is 10.4 Å². The zero-order valence-corrected chi connectivity index (χ0v) is 34.8. The van der Waals surface area contributed by atoms with E-state index in [4.69, 9.17) is 40.6 Å². The van der Waals surface area contributed by atoms with Gasteiger partial charge in [-0.2, -0.15) is 0 Å². The molecule has 1 N–H and O–H groups in total. The summed E-state index contributed by atoms with van der Waals surface area (Å²) in [6.07, 6.45) is 0. The third kappa shape index (κ3) is 9.07. The number of hydrogen-bond acceptors (Lipinski definition) is 14. The standard InChI is InChI=1S/C40H52N4O7S3/c1-26-39(53-54-40(26)52)27-16-28(22-41-8-12-43(13-9-41)24-30-18-32(46-2)20-34(48-4)37(30)50-6)36(45)29(17-27)23-42-10-14-44(15-11-42)25-31-19-33(47-3)21-35(49-5)38(31)51-7/h16-21,45H,8-15,22-25H2,1-7H3. The second-order valence-electron chi connectivity index (χ2n) is 13.7. The molecule has 14 heteroatoms. The minimum Gasteiger partial charge on any atom is -0.507 e. The van der Waals surface area contributed by atoms with Crippen LogP contribution < -0.4 is 28.4 Å². The molecule has 0 spiro atoms. The number of methoxy groups -OCH3 is 6. The number of phenols is 1. The van der Waals surface area contributed by atoms with Crippen molar-refractivity contribution in [2.75, 3.05) is 95.0 Å². The molecule has 292 valence electrons. The predicted molar refractivity (Wildman–Crippen MR) is 218 cm³/mol. The summed E-state index contributed by atoms with van der Waals surface area (Å²) in [5, 5.41) is 11.8. The van der Waals surface area contributed by atoms with Gasteiger partial charge in [-0.1, -0.05) is 32.9 Å². The minimum absolute atomic E-state index is 0.390. The molecule has 0 bridgehead atoms. The monoisotopic (exact) mass is 796 g/mol. The molecule has 3 heterocycles. The molecule has 0 amide bonds. The maximum absolute atomic E-state index is 11.8. The molecule has 0 radical (unpaired) electrons. The Labute approximate surface area is 331 Å². The summed E-state index contributed by atoms with van der Waals surface area (Å²) in [5.41, 5.74) is 6.24. The molecule has 0 atom stereocenters. The van der Waals surface area contributed by atoms with Gasteiger partial charge in [-0.05, 0) is 42.3 Å². The predicted octanol–water partition coefficient (Wildman–Crippen LogP) is 6.91. The van der Waals surface area contributed by atoms with Crippen LogP contribution in [-0.4, -0.2) is 120 Å². The van der Waals surface area contributed by atoms with Gasteiger partial charge in [-0.3, -0.25) is 19.6 Å². The van der Waals surface area contributed by atoms with Crippen LogP contribution in [0.1, 0.15) is 27.8 Å². The number of hydrogen-bond donors (Lipinski definition) is 1. The topological polar surface area (TPSA) is 88.6 Å². The third-order valence-corrected chi connectivity index (χ3v) is 13.8. The fraction of sp³-hybridized carbons (Fsp3) is 0.475. The Morgan fingerprint density at radius 1 is 0.537 bits per heavy atom. The van der Waals surface area contributed by atoms with Crippen molar-refractivity contribution in [3.05, 3.63) is 68.0 Å². The lowest BCUT2D eigenvalue weighted by Crippen LogP contribution is -2.45. The highest BCUT2D eigenvalue weighted by Gasteiger charge is 2.25. The minimum atomic E-state index is 0.390. The highest BCUT2D eigenvalue weighted by atomic mass is 32.9. The van der Waals surface area contributed by atoms with E-state index in [9.17, 15) is 5.11 Å². The van der Waals surface area contributed by atoms with E-state index in [1.54, 1.807) is 63.3 Å². The first-order valence-electron chi connectivity index (χ1n) is 18.1. The molecular weight excluding hydrogens is 745 g/mol. The summed E-state index contributed by atoms with van der Waals surface area (Å²) in [6, 6.07) is 12.1. The van der Waals surface area contributed by atoms with Gasteiger partial charge < -0.3 is 33.5 Å². The lowest BCUT2D eigenvalue weighted by Gasteiger charge is -2.36. The summed E-state index contributed by atoms with van der Waals surface area (Å²) in [7, 11) is 13.3. The van der Waals surface area contributed by atoms with Crippen molar-refractivity contribution >= 4 is 32.9 Å². The largest absolute Gasteiger partial charge is 0.507 e. The van der Waals surface area contributed by atoms with Gasteiger partial charge in [0, 0.05) is 113 Å². The van der Waals surface area contributed by atoms with Crippen LogP contribution in [-0.2, 0) is 26.2 Å². The van der Waals surface area contributed by atoms with E-state index in [0.29, 0.717) is 30.3 Å². The summed E-state index contributed by atoms with van der Waals surface area (Å²) in [4.78, 5) is 10.9. The Morgan fingerprint density at radius 2 is 0.926 bits per heavy atom. The van der Waals surface area contributed by atoms with E-state index in [1.807, 2.05) is 24.3 Å². The first-order chi connectivity index (χ1) is 26.2. The average molecular weight is 797 g/mol. The Balaban J connectivity index is 1.14. The molecule has 2 saturated heterocycles. The maximum atomic E-state index is 11.8. The molecule has 0 unspecified atom stereocenters. The van der Waals surface area contributed by atoms with Gasteiger partial charge in [0.05, 0.1) is 47.5 Å². The Hall–Kier alpha value is -3.63. The van der Waals surface area contributed by atoms with Crippen molar-refractivity contribution in [3.8, 4) is 50.7 Å². The highest BCUT2D eigenvalue weighted by molar-refractivity contribution is 7.80. The third-order valence-electron chi connectivity index (χ3n) is 10.4. The van der Waals surface area contributed by atoms with Gasteiger partial charge in [0.2, 0.25) is 0 Å². The smallest absolute Gasteiger partial charge is 0.165 e. The van der Waals surface area contributed by atoms with E-state index >= 15 is 0 Å². The number of ether oxygens (including phenoxy) is 6. The van der Waals surface area contributed by atoms with Gasteiger partial charge in [-0.25, -0.2) is 0 Å². The molecule has 54 heavy (non-hydrogen) atoms. The fourth-order valence-electron chi connectivity index (χ4n) is 7.37. The van der Waals surface area contributed by atoms with Crippen molar-refractivity contribution < 1.29 is 33.5 Å². The Kier molecular flexibility index (Phi) is 13.6. The molecule has 1 aromatic heterocycles. The molecule has 3 aromatic carbocycles. The van der Waals surface area contributed by atoms with Crippen LogP contribution in [0.5, 0.6) is 40.2 Å². The second kappa shape index (κ2) is 18.3. The number of nitrogens with zero attached hydrogens (tertiary/aromatic N) is 4. The molecule has 2 fully saturated rings. The quantitative estimate of drug-likeness (QED) is 0.100. The lowest BCUT2D eigenvalue weighted by molar-refractivity contribution is 0.118. The van der Waals surface area contributed by atoms with Crippen molar-refractivity contribution in [1.82, 2.24) is 19.6 Å². The molecule has 4 aromatic rings. The molecular formula is C40H52N4O7S3. The number of rotatable bonds is 15. The first-order valence-corrected chi connectivity index (χ1v) is 20.7. The maximum Gasteiger partial charge on any atom is 0.165 e. The molecule has 0 aliphatic carbocycles. The van der Waals surface area contributed by atoms with Crippen molar-refractivity contribution in [2.24, 2.45) is 0 Å². The van der Waals surface area contributed by atoms with Crippen LogP contribution in [0.4, 0.5) is 0 Å².